The number of carbonyl (C=O) groups excluding carboxylic acids is 1. The lowest BCUT2D eigenvalue weighted by molar-refractivity contribution is -0.131. The summed E-state index contributed by atoms with van der Waals surface area (Å²) >= 11 is 0. The molecular weight excluding hydrogens is 194 g/mol. The first-order chi connectivity index (χ1) is 7.17. The molecule has 1 aliphatic rings. The van der Waals surface area contributed by atoms with Crippen LogP contribution in [0.4, 0.5) is 0 Å². The van der Waals surface area contributed by atoms with E-state index in [0.717, 1.165) is 31.8 Å². The normalized spacial score (nSPS) is 19.3. The molecule has 86 valence electrons. The van der Waals surface area contributed by atoms with Crippen LogP contribution >= 0.6 is 0 Å². The van der Waals surface area contributed by atoms with Gasteiger partial charge in [-0.1, -0.05) is 18.5 Å². The van der Waals surface area contributed by atoms with Crippen LogP contribution in [0.1, 0.15) is 32.6 Å². The molecule has 1 rings (SSSR count). The molecule has 0 aromatic rings. The highest BCUT2D eigenvalue weighted by molar-refractivity contribution is 5.98. The van der Waals surface area contributed by atoms with E-state index in [-0.39, 0.29) is 18.2 Å². The number of piperidine rings is 1. The van der Waals surface area contributed by atoms with Crippen LogP contribution in [0.3, 0.4) is 0 Å². The minimum atomic E-state index is -0.0418. The molecule has 1 heterocycles. The number of nitrogens with zero attached hydrogens (tertiary/aromatic N) is 2. The van der Waals surface area contributed by atoms with Crippen LogP contribution in [0, 0.1) is 5.92 Å². The number of hydrogen-bond donors (Lipinski definition) is 2. The van der Waals surface area contributed by atoms with E-state index in [4.69, 9.17) is 10.9 Å². The van der Waals surface area contributed by atoms with E-state index in [1.165, 1.54) is 6.42 Å². The number of amidine groups is 1. The van der Waals surface area contributed by atoms with Crippen molar-refractivity contribution in [3.05, 3.63) is 0 Å². The molecule has 1 fully saturated rings. The van der Waals surface area contributed by atoms with Crippen molar-refractivity contribution in [2.24, 2.45) is 16.8 Å². The van der Waals surface area contributed by atoms with Crippen LogP contribution in [0.2, 0.25) is 0 Å². The second kappa shape index (κ2) is 5.58. The highest BCUT2D eigenvalue weighted by Gasteiger charge is 2.21. The number of carbonyl (C=O) groups is 1. The lowest BCUT2D eigenvalue weighted by Gasteiger charge is -2.31. The molecule has 1 saturated heterocycles. The summed E-state index contributed by atoms with van der Waals surface area (Å²) in [5.41, 5.74) is 5.29. The standard InChI is InChI=1S/C10H19N3O2/c1-2-8-3-5-13(6-4-8)10(14)7-9(11)12-15/h8,15H,2-7H2,1H3,(H2,11,12). The summed E-state index contributed by atoms with van der Waals surface area (Å²) in [7, 11) is 0. The Bertz CT molecular complexity index is 245. The van der Waals surface area contributed by atoms with Gasteiger partial charge in [-0.15, -0.1) is 0 Å². The van der Waals surface area contributed by atoms with Gasteiger partial charge in [-0.3, -0.25) is 4.79 Å². The monoisotopic (exact) mass is 213 g/mol. The van der Waals surface area contributed by atoms with Gasteiger partial charge in [0, 0.05) is 13.1 Å². The lowest BCUT2D eigenvalue weighted by Crippen LogP contribution is -2.40. The average Bonchev–Trinajstić information content (AvgIpc) is 2.29. The molecule has 1 aliphatic heterocycles. The van der Waals surface area contributed by atoms with E-state index in [1.54, 1.807) is 4.90 Å². The maximum absolute atomic E-state index is 11.6. The molecule has 0 spiro atoms. The minimum Gasteiger partial charge on any atom is -0.409 e. The Hall–Kier alpha value is -1.26. The maximum atomic E-state index is 11.6. The highest BCUT2D eigenvalue weighted by Crippen LogP contribution is 2.20. The van der Waals surface area contributed by atoms with Crippen molar-refractivity contribution < 1.29 is 10.0 Å². The smallest absolute Gasteiger partial charge is 0.230 e. The van der Waals surface area contributed by atoms with Gasteiger partial charge in [0.2, 0.25) is 5.91 Å². The minimum absolute atomic E-state index is 0.0161. The molecule has 0 bridgehead atoms. The lowest BCUT2D eigenvalue weighted by atomic mass is 9.94. The first-order valence-corrected chi connectivity index (χ1v) is 5.41. The van der Waals surface area contributed by atoms with Crippen LogP contribution in [0.25, 0.3) is 0 Å². The summed E-state index contributed by atoms with van der Waals surface area (Å²) in [6.07, 6.45) is 3.34. The Kier molecular flexibility index (Phi) is 4.39. The Morgan fingerprint density at radius 2 is 2.13 bits per heavy atom. The largest absolute Gasteiger partial charge is 0.409 e. The zero-order valence-electron chi connectivity index (χ0n) is 9.15. The quantitative estimate of drug-likeness (QED) is 0.314. The SMILES string of the molecule is CCC1CCN(C(=O)C/C(N)=N/O)CC1. The summed E-state index contributed by atoms with van der Waals surface area (Å²) in [6, 6.07) is 0. The highest BCUT2D eigenvalue weighted by atomic mass is 16.4. The fourth-order valence-corrected chi connectivity index (χ4v) is 1.89. The van der Waals surface area contributed by atoms with Crippen molar-refractivity contribution in [1.29, 1.82) is 0 Å². The summed E-state index contributed by atoms with van der Waals surface area (Å²) in [6.45, 7) is 3.78. The van der Waals surface area contributed by atoms with Gasteiger partial charge in [-0.05, 0) is 18.8 Å². The van der Waals surface area contributed by atoms with E-state index < -0.39 is 0 Å². The number of amides is 1. The number of oxime groups is 1. The zero-order valence-corrected chi connectivity index (χ0v) is 9.15. The van der Waals surface area contributed by atoms with Gasteiger partial charge in [0.25, 0.3) is 0 Å². The van der Waals surface area contributed by atoms with Gasteiger partial charge in [0.1, 0.15) is 5.84 Å². The topological polar surface area (TPSA) is 78.9 Å². The Labute approximate surface area is 89.9 Å². The van der Waals surface area contributed by atoms with Gasteiger partial charge in [-0.2, -0.15) is 0 Å². The van der Waals surface area contributed by atoms with Crippen LogP contribution in [0.5, 0.6) is 0 Å². The van der Waals surface area contributed by atoms with E-state index in [0.29, 0.717) is 0 Å². The van der Waals surface area contributed by atoms with Crippen LogP contribution in [-0.2, 0) is 4.79 Å². The number of likely N-dealkylation sites (tertiary alicyclic amines) is 1. The molecular formula is C10H19N3O2. The van der Waals surface area contributed by atoms with Crippen molar-refractivity contribution in [1.82, 2.24) is 4.90 Å². The molecule has 0 unspecified atom stereocenters. The van der Waals surface area contributed by atoms with Gasteiger partial charge in [0.05, 0.1) is 6.42 Å². The number of rotatable bonds is 3. The predicted molar refractivity (Wildman–Crippen MR) is 57.6 cm³/mol. The van der Waals surface area contributed by atoms with Gasteiger partial charge >= 0.3 is 0 Å². The second-order valence-electron chi connectivity index (χ2n) is 4.00. The molecule has 0 aromatic carbocycles. The molecule has 5 heteroatoms. The van der Waals surface area contributed by atoms with Crippen molar-refractivity contribution in [2.75, 3.05) is 13.1 Å². The molecule has 1 amide bonds. The van der Waals surface area contributed by atoms with Crippen molar-refractivity contribution >= 4 is 11.7 Å². The zero-order chi connectivity index (χ0) is 11.3. The molecule has 15 heavy (non-hydrogen) atoms. The molecule has 0 aliphatic carbocycles. The Balaban J connectivity index is 2.36. The predicted octanol–water partition coefficient (Wildman–Crippen LogP) is 0.771. The summed E-state index contributed by atoms with van der Waals surface area (Å²) < 4.78 is 0. The van der Waals surface area contributed by atoms with E-state index in [9.17, 15) is 4.79 Å². The number of nitrogens with two attached hydrogens (primary N) is 1. The second-order valence-corrected chi connectivity index (χ2v) is 4.00. The van der Waals surface area contributed by atoms with Crippen molar-refractivity contribution in [3.63, 3.8) is 0 Å². The van der Waals surface area contributed by atoms with Gasteiger partial charge in [-0.25, -0.2) is 0 Å². The van der Waals surface area contributed by atoms with E-state index >= 15 is 0 Å². The Morgan fingerprint density at radius 3 is 2.60 bits per heavy atom. The summed E-state index contributed by atoms with van der Waals surface area (Å²) in [4.78, 5) is 13.4. The third kappa shape index (κ3) is 3.42. The molecule has 0 saturated carbocycles. The van der Waals surface area contributed by atoms with Crippen molar-refractivity contribution in [3.8, 4) is 0 Å². The van der Waals surface area contributed by atoms with Crippen LogP contribution in [0.15, 0.2) is 5.16 Å². The fraction of sp³-hybridized carbons (Fsp3) is 0.800. The molecule has 0 atom stereocenters. The molecule has 5 nitrogen and oxygen atoms in total. The molecule has 0 aromatic heterocycles. The van der Waals surface area contributed by atoms with Crippen LogP contribution < -0.4 is 5.73 Å². The van der Waals surface area contributed by atoms with Gasteiger partial charge in [0.15, 0.2) is 0 Å². The van der Waals surface area contributed by atoms with Crippen molar-refractivity contribution in [2.45, 2.75) is 32.6 Å². The van der Waals surface area contributed by atoms with Gasteiger partial charge < -0.3 is 15.8 Å². The summed E-state index contributed by atoms with van der Waals surface area (Å²) in [5.74, 6) is 0.690. The first-order valence-electron chi connectivity index (χ1n) is 5.41. The maximum Gasteiger partial charge on any atom is 0.230 e. The summed E-state index contributed by atoms with van der Waals surface area (Å²) in [5, 5.41) is 11.2. The van der Waals surface area contributed by atoms with E-state index in [2.05, 4.69) is 12.1 Å². The third-order valence-electron chi connectivity index (χ3n) is 3.01. The Morgan fingerprint density at radius 1 is 1.53 bits per heavy atom. The first kappa shape index (κ1) is 11.8. The van der Waals surface area contributed by atoms with Crippen LogP contribution in [-0.4, -0.2) is 34.9 Å². The van der Waals surface area contributed by atoms with E-state index in [1.807, 2.05) is 0 Å². The third-order valence-corrected chi connectivity index (χ3v) is 3.01. The molecule has 0 radical (unpaired) electrons. The molecule has 3 N–H and O–H groups in total. The number of hydrogen-bond acceptors (Lipinski definition) is 3. The average molecular weight is 213 g/mol. The fourth-order valence-electron chi connectivity index (χ4n) is 1.89.